The second-order valence-corrected chi connectivity index (χ2v) is 0.704. The summed E-state index contributed by atoms with van der Waals surface area (Å²) in [6.07, 6.45) is 0. The van der Waals surface area contributed by atoms with E-state index in [0.717, 1.165) is 0 Å². The zero-order valence-corrected chi connectivity index (χ0v) is 2.54. The van der Waals surface area contributed by atoms with Gasteiger partial charge in [0.2, 0.25) is 0 Å². The summed E-state index contributed by atoms with van der Waals surface area (Å²) in [5.41, 5.74) is 0. The zero-order chi connectivity index (χ0) is 3.58. The van der Waals surface area contributed by atoms with Crippen LogP contribution in [0.5, 0.6) is 0 Å². The normalized spacial score (nSPS) is 4.80. The molecule has 0 saturated carbocycles. The predicted molar refractivity (Wildman–Crippen MR) is 18.8 cm³/mol. The van der Waals surface area contributed by atoms with Gasteiger partial charge in [0.1, 0.15) is 0 Å². The Balaban J connectivity index is 0. The Morgan fingerprint density at radius 2 is 1.40 bits per heavy atom. The van der Waals surface area contributed by atoms with Crippen molar-refractivity contribution in [2.24, 2.45) is 0 Å². The van der Waals surface area contributed by atoms with Gasteiger partial charge in [-0.1, -0.05) is 0 Å². The van der Waals surface area contributed by atoms with E-state index in [1.54, 1.807) is 0 Å². The van der Waals surface area contributed by atoms with E-state index < -0.39 is 10.5 Å². The second-order valence-electron chi connectivity index (χ2n) is 0.235. The number of rotatable bonds is 0. The fourth-order valence-corrected chi connectivity index (χ4v) is 0. The van der Waals surface area contributed by atoms with Gasteiger partial charge in [0.25, 0.3) is 0 Å². The Labute approximate surface area is 43.1 Å². The molecule has 0 aromatic rings. The van der Waals surface area contributed by atoms with Crippen molar-refractivity contribution < 1.29 is 8.42 Å². The third-order valence-corrected chi connectivity index (χ3v) is 0. The Morgan fingerprint density at radius 1 is 1.40 bits per heavy atom. The summed E-state index contributed by atoms with van der Waals surface area (Å²) in [6.45, 7) is 0. The van der Waals surface area contributed by atoms with Gasteiger partial charge >= 0.3 is 29.4 Å². The first-order chi connectivity index (χ1) is 1.73. The van der Waals surface area contributed by atoms with Crippen molar-refractivity contribution >= 4 is 29.4 Å². The SMILES string of the molecule is N=S(=O)=O.[LiH]. The van der Waals surface area contributed by atoms with E-state index in [4.69, 9.17) is 13.2 Å². The molecular formula is H2LiNO2S. The molecule has 0 atom stereocenters. The van der Waals surface area contributed by atoms with Gasteiger partial charge in [-0.25, -0.2) is 0 Å². The van der Waals surface area contributed by atoms with Gasteiger partial charge < -0.3 is 0 Å². The summed E-state index contributed by atoms with van der Waals surface area (Å²) < 4.78 is 22.8. The summed E-state index contributed by atoms with van der Waals surface area (Å²) in [6, 6.07) is 0. The minimum atomic E-state index is -2.61. The fourth-order valence-electron chi connectivity index (χ4n) is 0. The summed E-state index contributed by atoms with van der Waals surface area (Å²) in [5.74, 6) is 0. The third-order valence-electron chi connectivity index (χ3n) is 0. The molecule has 0 aromatic heterocycles. The molecule has 26 valence electrons. The van der Waals surface area contributed by atoms with Crippen LogP contribution >= 0.6 is 0 Å². The van der Waals surface area contributed by atoms with Crippen LogP contribution in [0.2, 0.25) is 0 Å². The van der Waals surface area contributed by atoms with Crippen molar-refractivity contribution in [2.75, 3.05) is 0 Å². The van der Waals surface area contributed by atoms with Crippen LogP contribution in [0.25, 0.3) is 0 Å². The molecule has 3 nitrogen and oxygen atoms in total. The van der Waals surface area contributed by atoms with Crippen LogP contribution in [-0.2, 0) is 10.5 Å². The van der Waals surface area contributed by atoms with Crippen LogP contribution < -0.4 is 0 Å². The number of hydrogen-bond donors (Lipinski definition) is 1. The Morgan fingerprint density at radius 3 is 1.40 bits per heavy atom. The first-order valence-electron chi connectivity index (χ1n) is 0.537. The van der Waals surface area contributed by atoms with E-state index in [1.807, 2.05) is 0 Å². The molecule has 0 fully saturated rings. The summed E-state index contributed by atoms with van der Waals surface area (Å²) in [4.78, 5) is 0. The molecule has 0 aliphatic rings. The van der Waals surface area contributed by atoms with Crippen LogP contribution in [0.15, 0.2) is 0 Å². The van der Waals surface area contributed by atoms with Gasteiger partial charge in [0.15, 0.2) is 0 Å². The van der Waals surface area contributed by atoms with Crippen LogP contribution in [-0.4, -0.2) is 27.3 Å². The van der Waals surface area contributed by atoms with Crippen molar-refractivity contribution in [3.63, 3.8) is 0 Å². The fraction of sp³-hybridized carbons (Fsp3) is 0. The van der Waals surface area contributed by atoms with Crippen molar-refractivity contribution in [3.8, 4) is 0 Å². The molecule has 0 aromatic carbocycles. The van der Waals surface area contributed by atoms with E-state index in [1.165, 1.54) is 0 Å². The minimum absolute atomic E-state index is 0. The standard InChI is InChI=1S/Li.HNO2S.H/c;1-4(2)3;/h;1H;. The molecule has 5 heavy (non-hydrogen) atoms. The Kier molecular flexibility index (Phi) is 7.56. The van der Waals surface area contributed by atoms with Crippen molar-refractivity contribution in [2.45, 2.75) is 0 Å². The zero-order valence-electron chi connectivity index (χ0n) is 1.72. The first kappa shape index (κ1) is 8.96. The number of hydrogen-bond acceptors (Lipinski definition) is 3. The van der Waals surface area contributed by atoms with Crippen LogP contribution in [0.4, 0.5) is 0 Å². The van der Waals surface area contributed by atoms with Crippen LogP contribution in [0.3, 0.4) is 0 Å². The second kappa shape index (κ2) is 4.22. The maximum atomic E-state index is 8.67. The molecule has 0 rings (SSSR count). The quantitative estimate of drug-likeness (QED) is 0.384. The Hall–Kier alpha value is 0.217. The molecule has 0 unspecified atom stereocenters. The van der Waals surface area contributed by atoms with E-state index in [9.17, 15) is 0 Å². The molecule has 0 amide bonds. The van der Waals surface area contributed by atoms with Crippen LogP contribution in [0.1, 0.15) is 0 Å². The molecule has 0 heterocycles. The van der Waals surface area contributed by atoms with Crippen LogP contribution in [0, 0.1) is 4.78 Å². The van der Waals surface area contributed by atoms with Gasteiger partial charge in [0.05, 0.1) is 0 Å². The molecule has 0 aliphatic heterocycles. The molecule has 1 N–H and O–H groups in total. The van der Waals surface area contributed by atoms with E-state index in [2.05, 4.69) is 0 Å². The van der Waals surface area contributed by atoms with Gasteiger partial charge in [-0.2, -0.15) is 13.2 Å². The van der Waals surface area contributed by atoms with Gasteiger partial charge in [-0.05, 0) is 0 Å². The molecule has 0 saturated heterocycles. The predicted octanol–water partition coefficient (Wildman–Crippen LogP) is -1.02. The monoisotopic (exact) mass is 87.0 g/mol. The molecule has 5 heteroatoms. The van der Waals surface area contributed by atoms with Crippen molar-refractivity contribution in [3.05, 3.63) is 0 Å². The third kappa shape index (κ3) is 439. The van der Waals surface area contributed by atoms with E-state index >= 15 is 0 Å². The van der Waals surface area contributed by atoms with Gasteiger partial charge in [0, 0.05) is 0 Å². The summed E-state index contributed by atoms with van der Waals surface area (Å²) >= 11 is 0. The average molecular weight is 87.0 g/mol. The molecular weight excluding hydrogens is 85.0 g/mol. The summed E-state index contributed by atoms with van der Waals surface area (Å²) in [5, 5.41) is 0. The average Bonchev–Trinajstić information content (AvgIpc) is 0.811. The van der Waals surface area contributed by atoms with Gasteiger partial charge in [-0.15, -0.1) is 0 Å². The topological polar surface area (TPSA) is 58.0 Å². The van der Waals surface area contributed by atoms with E-state index in [-0.39, 0.29) is 18.9 Å². The number of nitrogens with one attached hydrogen (secondary N) is 1. The maximum absolute atomic E-state index is 8.67. The van der Waals surface area contributed by atoms with Crippen molar-refractivity contribution in [1.29, 1.82) is 4.78 Å². The summed E-state index contributed by atoms with van der Waals surface area (Å²) in [7, 11) is -2.61. The first-order valence-corrected chi connectivity index (χ1v) is 1.61. The van der Waals surface area contributed by atoms with Gasteiger partial charge in [-0.3, -0.25) is 0 Å². The molecule has 0 aliphatic carbocycles. The molecule has 0 spiro atoms. The van der Waals surface area contributed by atoms with Crippen molar-refractivity contribution in [1.82, 2.24) is 0 Å². The Bertz CT molecular complexity index is 79.0. The molecule has 0 radical (unpaired) electrons. The molecule has 0 bridgehead atoms. The van der Waals surface area contributed by atoms with E-state index in [0.29, 0.717) is 0 Å².